The van der Waals surface area contributed by atoms with E-state index in [4.69, 9.17) is 9.47 Å². The van der Waals surface area contributed by atoms with Crippen molar-refractivity contribution >= 4 is 29.4 Å². The first-order valence-corrected chi connectivity index (χ1v) is 7.14. The second-order valence-corrected chi connectivity index (χ2v) is 5.68. The Morgan fingerprint density at radius 2 is 2.10 bits per heavy atom. The average Bonchev–Trinajstić information content (AvgIpc) is 2.37. The van der Waals surface area contributed by atoms with Gasteiger partial charge in [0, 0.05) is 6.54 Å². The summed E-state index contributed by atoms with van der Waals surface area (Å²) < 4.78 is 10.3. The summed E-state index contributed by atoms with van der Waals surface area (Å²) in [4.78, 5) is 29.3. The molecule has 1 aliphatic heterocycles. The van der Waals surface area contributed by atoms with Crippen molar-refractivity contribution in [3.63, 3.8) is 0 Å². The molecule has 0 N–H and O–H groups in total. The highest BCUT2D eigenvalue weighted by molar-refractivity contribution is 7.78. The number of nitrogens with zero attached hydrogens (tertiary/aromatic N) is 2. The average molecular weight is 312 g/mol. The third-order valence-corrected chi connectivity index (χ3v) is 2.77. The van der Waals surface area contributed by atoms with E-state index in [9.17, 15) is 9.59 Å². The highest BCUT2D eigenvalue weighted by Crippen LogP contribution is 2.22. The van der Waals surface area contributed by atoms with Crippen LogP contribution in [-0.4, -0.2) is 47.4 Å². The van der Waals surface area contributed by atoms with Crippen LogP contribution in [0.15, 0.2) is 16.3 Å². The molecule has 0 saturated heterocycles. The van der Waals surface area contributed by atoms with Gasteiger partial charge in [-0.15, -0.1) is 0 Å². The normalized spacial score (nSPS) is 15.3. The number of esters is 1. The molecular formula is C14H20N2O4S. The molecule has 0 atom stereocenters. The zero-order chi connectivity index (χ0) is 16.0. The highest BCUT2D eigenvalue weighted by Gasteiger charge is 2.29. The van der Waals surface area contributed by atoms with Gasteiger partial charge in [-0.2, -0.15) is 4.99 Å². The Balaban J connectivity index is 2.90. The maximum Gasteiger partial charge on any atom is 0.410 e. The molecule has 6 nitrogen and oxygen atoms in total. The molecule has 0 saturated carbocycles. The fourth-order valence-electron chi connectivity index (χ4n) is 1.82. The van der Waals surface area contributed by atoms with Gasteiger partial charge in [0.15, 0.2) is 0 Å². The molecule has 0 bridgehead atoms. The van der Waals surface area contributed by atoms with Crippen LogP contribution in [0.4, 0.5) is 4.79 Å². The Hall–Kier alpha value is -1.72. The minimum absolute atomic E-state index is 0.159. The molecule has 1 aliphatic rings. The number of carbonyl (C=O) groups excluding carboxylic acids is 2. The molecule has 1 rings (SSSR count). The van der Waals surface area contributed by atoms with E-state index < -0.39 is 17.7 Å². The second kappa shape index (κ2) is 7.33. The first-order chi connectivity index (χ1) is 9.78. The Kier molecular flexibility index (Phi) is 6.05. The molecular weight excluding hydrogens is 292 g/mol. The molecule has 116 valence electrons. The van der Waals surface area contributed by atoms with Crippen molar-refractivity contribution in [2.75, 3.05) is 19.7 Å². The van der Waals surface area contributed by atoms with Gasteiger partial charge in [0.2, 0.25) is 0 Å². The number of carbonyl (C=O) groups is 2. The number of aliphatic imine (C=N–C) groups is 1. The minimum atomic E-state index is -0.574. The molecule has 0 spiro atoms. The van der Waals surface area contributed by atoms with Crippen molar-refractivity contribution in [2.45, 2.75) is 39.7 Å². The number of ether oxygens (including phenoxy) is 2. The Bertz CT molecular complexity index is 502. The fourth-order valence-corrected chi connectivity index (χ4v) is 1.93. The number of rotatable bonds is 3. The maximum atomic E-state index is 12.0. The third-order valence-electron chi connectivity index (χ3n) is 2.67. The Morgan fingerprint density at radius 1 is 1.43 bits per heavy atom. The van der Waals surface area contributed by atoms with Gasteiger partial charge in [-0.1, -0.05) is 0 Å². The number of thiocarbonyl (C=S) groups is 1. The van der Waals surface area contributed by atoms with Crippen LogP contribution in [0.3, 0.4) is 0 Å². The first kappa shape index (κ1) is 17.3. The molecule has 1 heterocycles. The Morgan fingerprint density at radius 3 is 2.62 bits per heavy atom. The predicted octanol–water partition coefficient (Wildman–Crippen LogP) is 2.55. The van der Waals surface area contributed by atoms with Gasteiger partial charge < -0.3 is 14.4 Å². The van der Waals surface area contributed by atoms with Crippen molar-refractivity contribution in [3.8, 4) is 0 Å². The summed E-state index contributed by atoms with van der Waals surface area (Å²) >= 11 is 4.59. The van der Waals surface area contributed by atoms with Gasteiger partial charge in [-0.25, -0.2) is 9.59 Å². The van der Waals surface area contributed by atoms with Crippen molar-refractivity contribution in [1.82, 2.24) is 4.90 Å². The van der Waals surface area contributed by atoms with Gasteiger partial charge in [-0.3, -0.25) is 0 Å². The third kappa shape index (κ3) is 5.28. The minimum Gasteiger partial charge on any atom is -0.463 e. The first-order valence-electron chi connectivity index (χ1n) is 6.73. The zero-order valence-corrected chi connectivity index (χ0v) is 13.6. The van der Waals surface area contributed by atoms with E-state index in [1.165, 1.54) is 4.90 Å². The van der Waals surface area contributed by atoms with Gasteiger partial charge in [-0.05, 0) is 46.3 Å². The zero-order valence-electron chi connectivity index (χ0n) is 12.8. The standard InChI is InChI=1S/C14H20N2O4S/c1-5-19-12(17)10-6-7-16(8-11(10)15-9-21)13(18)20-14(2,3)4/h5-8H2,1-4H3. The summed E-state index contributed by atoms with van der Waals surface area (Å²) in [6.45, 7) is 7.94. The van der Waals surface area contributed by atoms with Crippen LogP contribution in [0, 0.1) is 0 Å². The van der Waals surface area contributed by atoms with Crippen LogP contribution in [-0.2, 0) is 14.3 Å². The lowest BCUT2D eigenvalue weighted by molar-refractivity contribution is -0.139. The second-order valence-electron chi connectivity index (χ2n) is 5.50. The van der Waals surface area contributed by atoms with Crippen LogP contribution in [0.2, 0.25) is 0 Å². The summed E-state index contributed by atoms with van der Waals surface area (Å²) in [6, 6.07) is 0. The van der Waals surface area contributed by atoms with Gasteiger partial charge in [0.1, 0.15) is 5.60 Å². The van der Waals surface area contributed by atoms with Crippen molar-refractivity contribution in [2.24, 2.45) is 4.99 Å². The topological polar surface area (TPSA) is 68.2 Å². The SMILES string of the molecule is CCOC(=O)C1=C(N=C=S)CN(C(=O)OC(C)(C)C)CC1. The predicted molar refractivity (Wildman–Crippen MR) is 81.1 cm³/mol. The lowest BCUT2D eigenvalue weighted by atomic mass is 10.1. The number of amides is 1. The number of isothiocyanates is 1. The lowest BCUT2D eigenvalue weighted by Gasteiger charge is -2.30. The van der Waals surface area contributed by atoms with E-state index in [2.05, 4.69) is 22.4 Å². The lowest BCUT2D eigenvalue weighted by Crippen LogP contribution is -2.41. The molecule has 0 aromatic carbocycles. The molecule has 21 heavy (non-hydrogen) atoms. The van der Waals surface area contributed by atoms with Crippen molar-refractivity contribution in [1.29, 1.82) is 0 Å². The summed E-state index contributed by atoms with van der Waals surface area (Å²) in [5, 5.41) is 2.24. The van der Waals surface area contributed by atoms with E-state index in [1.807, 2.05) is 0 Å². The summed E-state index contributed by atoms with van der Waals surface area (Å²) in [7, 11) is 0. The molecule has 0 aromatic heterocycles. The summed E-state index contributed by atoms with van der Waals surface area (Å²) in [5.41, 5.74) is 0.269. The number of hydrogen-bond acceptors (Lipinski definition) is 6. The van der Waals surface area contributed by atoms with Crippen LogP contribution in [0.25, 0.3) is 0 Å². The van der Waals surface area contributed by atoms with Crippen LogP contribution < -0.4 is 0 Å². The van der Waals surface area contributed by atoms with E-state index in [0.717, 1.165) is 0 Å². The van der Waals surface area contributed by atoms with Gasteiger partial charge in [0.05, 0.1) is 29.6 Å². The van der Waals surface area contributed by atoms with Crippen LogP contribution in [0.1, 0.15) is 34.1 Å². The number of hydrogen-bond donors (Lipinski definition) is 0. The van der Waals surface area contributed by atoms with Crippen LogP contribution in [0.5, 0.6) is 0 Å². The van der Waals surface area contributed by atoms with E-state index in [-0.39, 0.29) is 13.2 Å². The quantitative estimate of drug-likeness (QED) is 0.455. The summed E-state index contributed by atoms with van der Waals surface area (Å²) in [6.07, 6.45) is -0.0871. The maximum absolute atomic E-state index is 12.0. The molecule has 0 radical (unpaired) electrons. The fraction of sp³-hybridized carbons (Fsp3) is 0.643. The Labute approximate surface area is 129 Å². The van der Waals surface area contributed by atoms with Crippen molar-refractivity contribution < 1.29 is 19.1 Å². The largest absolute Gasteiger partial charge is 0.463 e. The van der Waals surface area contributed by atoms with Crippen molar-refractivity contribution in [3.05, 3.63) is 11.3 Å². The monoisotopic (exact) mass is 312 g/mol. The highest BCUT2D eigenvalue weighted by atomic mass is 32.1. The van der Waals surface area contributed by atoms with E-state index in [1.54, 1.807) is 27.7 Å². The van der Waals surface area contributed by atoms with Gasteiger partial charge in [0.25, 0.3) is 0 Å². The summed E-state index contributed by atoms with van der Waals surface area (Å²) in [5.74, 6) is -0.426. The van der Waals surface area contributed by atoms with E-state index in [0.29, 0.717) is 24.2 Å². The molecule has 0 unspecified atom stereocenters. The molecule has 1 amide bonds. The molecule has 0 aromatic rings. The van der Waals surface area contributed by atoms with Crippen LogP contribution >= 0.6 is 12.2 Å². The smallest absolute Gasteiger partial charge is 0.410 e. The molecule has 0 fully saturated rings. The molecule has 7 heteroatoms. The van der Waals surface area contributed by atoms with Gasteiger partial charge >= 0.3 is 12.1 Å². The molecule has 0 aliphatic carbocycles. The van der Waals surface area contributed by atoms with E-state index >= 15 is 0 Å².